The zero-order valence-corrected chi connectivity index (χ0v) is 12.7. The number of rotatable bonds is 6. The first-order valence-electron chi connectivity index (χ1n) is 4.94. The molecule has 0 amide bonds. The molecule has 0 fully saturated rings. The van der Waals surface area contributed by atoms with Gasteiger partial charge in [0, 0.05) is 0 Å². The summed E-state index contributed by atoms with van der Waals surface area (Å²) in [4.78, 5) is 0. The molecule has 0 saturated carbocycles. The summed E-state index contributed by atoms with van der Waals surface area (Å²) < 4.78 is 12.0. The molecule has 0 aliphatic rings. The van der Waals surface area contributed by atoms with Crippen LogP contribution < -0.4 is 0 Å². The molecule has 0 N–H and O–H groups in total. The van der Waals surface area contributed by atoms with Crippen molar-refractivity contribution in [3.8, 4) is 0 Å². The Balaban J connectivity index is 3.98. The maximum Gasteiger partial charge on any atom is 0.311 e. The number of hydrogen-bond donors (Lipinski definition) is 0. The van der Waals surface area contributed by atoms with Crippen LogP contribution in [0.3, 0.4) is 0 Å². The topological polar surface area (TPSA) is 18.5 Å². The molecule has 0 spiro atoms. The van der Waals surface area contributed by atoms with Crippen molar-refractivity contribution in [3.63, 3.8) is 0 Å². The van der Waals surface area contributed by atoms with Crippen molar-refractivity contribution in [3.05, 3.63) is 0 Å². The molecule has 13 heavy (non-hydrogen) atoms. The van der Waals surface area contributed by atoms with E-state index in [1.54, 1.807) is 0 Å². The van der Waals surface area contributed by atoms with E-state index in [0.717, 1.165) is 0 Å². The van der Waals surface area contributed by atoms with Gasteiger partial charge in [-0.3, -0.25) is 0 Å². The molecular formula is C8H22O2Si3. The summed E-state index contributed by atoms with van der Waals surface area (Å²) in [6, 6.07) is 2.38. The van der Waals surface area contributed by atoms with Crippen LogP contribution in [0.4, 0.5) is 0 Å². The van der Waals surface area contributed by atoms with E-state index in [1.807, 2.05) is 0 Å². The van der Waals surface area contributed by atoms with E-state index in [2.05, 4.69) is 40.0 Å². The van der Waals surface area contributed by atoms with Gasteiger partial charge in [0.25, 0.3) is 0 Å². The summed E-state index contributed by atoms with van der Waals surface area (Å²) in [7, 11) is -2.95. The van der Waals surface area contributed by atoms with Crippen LogP contribution in [-0.4, -0.2) is 26.6 Å². The first-order valence-corrected chi connectivity index (χ1v) is 12.0. The summed E-state index contributed by atoms with van der Waals surface area (Å²) in [5.41, 5.74) is 0. The molecular weight excluding hydrogens is 212 g/mol. The maximum absolute atomic E-state index is 6.09. The van der Waals surface area contributed by atoms with Crippen molar-refractivity contribution in [2.75, 3.05) is 0 Å². The van der Waals surface area contributed by atoms with E-state index < -0.39 is 26.6 Å². The Bertz CT molecular complexity index is 135. The monoisotopic (exact) mass is 234 g/mol. The average molecular weight is 235 g/mol. The van der Waals surface area contributed by atoms with Crippen molar-refractivity contribution in [1.29, 1.82) is 0 Å². The van der Waals surface area contributed by atoms with Crippen LogP contribution in [-0.2, 0) is 8.23 Å². The van der Waals surface area contributed by atoms with Crippen LogP contribution in [0.5, 0.6) is 0 Å². The van der Waals surface area contributed by atoms with E-state index in [9.17, 15) is 0 Å². The summed E-state index contributed by atoms with van der Waals surface area (Å²) >= 11 is 0. The Morgan fingerprint density at radius 3 is 1.77 bits per heavy atom. The second-order valence-corrected chi connectivity index (χ2v) is 12.5. The zero-order valence-electron chi connectivity index (χ0n) is 9.73. The highest BCUT2D eigenvalue weighted by Gasteiger charge is 2.29. The molecule has 0 saturated heterocycles. The number of hydrogen-bond acceptors (Lipinski definition) is 2. The lowest BCUT2D eigenvalue weighted by Gasteiger charge is -2.28. The molecule has 2 nitrogen and oxygen atoms in total. The molecule has 0 aromatic carbocycles. The first kappa shape index (κ1) is 13.6. The van der Waals surface area contributed by atoms with Gasteiger partial charge in [-0.05, 0) is 38.3 Å². The summed E-state index contributed by atoms with van der Waals surface area (Å²) in [6.45, 7) is 13.1. The van der Waals surface area contributed by atoms with Gasteiger partial charge in [0.05, 0.1) is 0 Å². The molecule has 0 atom stereocenters. The van der Waals surface area contributed by atoms with Gasteiger partial charge in [-0.1, -0.05) is 13.8 Å². The SMILES string of the molecule is CC[Si](CC)O[Si](C)(C)O[Si](C)C. The predicted octanol–water partition coefficient (Wildman–Crippen LogP) is 3.00. The highest BCUT2D eigenvalue weighted by atomic mass is 28.5. The molecule has 0 aromatic heterocycles. The van der Waals surface area contributed by atoms with Crippen molar-refractivity contribution in [1.82, 2.24) is 0 Å². The van der Waals surface area contributed by atoms with Gasteiger partial charge in [-0.15, -0.1) is 0 Å². The fourth-order valence-electron chi connectivity index (χ4n) is 1.25. The zero-order chi connectivity index (χ0) is 10.5. The van der Waals surface area contributed by atoms with Gasteiger partial charge in [0.2, 0.25) is 0 Å². The minimum absolute atomic E-state index is 0.572. The highest BCUT2D eigenvalue weighted by molar-refractivity contribution is 6.78. The lowest BCUT2D eigenvalue weighted by atomic mass is 11.0. The largest absolute Gasteiger partial charge is 0.437 e. The molecule has 5 heteroatoms. The van der Waals surface area contributed by atoms with E-state index >= 15 is 0 Å². The van der Waals surface area contributed by atoms with Gasteiger partial charge in [-0.2, -0.15) is 0 Å². The quantitative estimate of drug-likeness (QED) is 0.658. The van der Waals surface area contributed by atoms with Crippen molar-refractivity contribution < 1.29 is 8.23 Å². The van der Waals surface area contributed by atoms with Gasteiger partial charge < -0.3 is 8.23 Å². The van der Waals surface area contributed by atoms with E-state index in [4.69, 9.17) is 8.23 Å². The molecule has 2 radical (unpaired) electrons. The Labute approximate surface area is 87.4 Å². The molecule has 0 bridgehead atoms. The second kappa shape index (κ2) is 6.13. The van der Waals surface area contributed by atoms with Gasteiger partial charge in [0.15, 0.2) is 18.1 Å². The van der Waals surface area contributed by atoms with Crippen LogP contribution in [0.15, 0.2) is 0 Å². The lowest BCUT2D eigenvalue weighted by molar-refractivity contribution is 0.410. The van der Waals surface area contributed by atoms with Crippen molar-refractivity contribution >= 4 is 26.6 Å². The maximum atomic E-state index is 6.09. The molecule has 0 aliphatic heterocycles. The van der Waals surface area contributed by atoms with Gasteiger partial charge in [-0.25, -0.2) is 0 Å². The fourth-order valence-corrected chi connectivity index (χ4v) is 10.2. The van der Waals surface area contributed by atoms with Crippen LogP contribution >= 0.6 is 0 Å². The molecule has 0 aliphatic carbocycles. The van der Waals surface area contributed by atoms with Crippen LogP contribution in [0, 0.1) is 0 Å². The van der Waals surface area contributed by atoms with E-state index in [0.29, 0.717) is 0 Å². The smallest absolute Gasteiger partial charge is 0.311 e. The Kier molecular flexibility index (Phi) is 6.40. The minimum atomic E-state index is -1.78. The van der Waals surface area contributed by atoms with Crippen LogP contribution in [0.2, 0.25) is 38.3 Å². The predicted molar refractivity (Wildman–Crippen MR) is 63.9 cm³/mol. The Hall–Kier alpha value is 0.571. The van der Waals surface area contributed by atoms with Crippen molar-refractivity contribution in [2.24, 2.45) is 0 Å². The van der Waals surface area contributed by atoms with E-state index in [1.165, 1.54) is 12.1 Å². The Morgan fingerprint density at radius 2 is 1.46 bits per heavy atom. The minimum Gasteiger partial charge on any atom is -0.437 e. The molecule has 0 heterocycles. The summed E-state index contributed by atoms with van der Waals surface area (Å²) in [5.74, 6) is 0. The summed E-state index contributed by atoms with van der Waals surface area (Å²) in [5, 5.41) is 0. The van der Waals surface area contributed by atoms with Gasteiger partial charge in [0.1, 0.15) is 0 Å². The van der Waals surface area contributed by atoms with Crippen LogP contribution in [0.25, 0.3) is 0 Å². The standard InChI is InChI=1S/C8H22O2Si3/c1-7-12(8-2)10-13(5,6)9-11(3)4/h7-8H2,1-6H3. The third-order valence-corrected chi connectivity index (χ3v) is 9.93. The fraction of sp³-hybridized carbons (Fsp3) is 1.00. The van der Waals surface area contributed by atoms with Crippen LogP contribution in [0.1, 0.15) is 13.8 Å². The first-order chi connectivity index (χ1) is 5.91. The van der Waals surface area contributed by atoms with Crippen molar-refractivity contribution in [2.45, 2.75) is 52.1 Å². The molecule has 0 rings (SSSR count). The highest BCUT2D eigenvalue weighted by Crippen LogP contribution is 2.13. The summed E-state index contributed by atoms with van der Waals surface area (Å²) in [6.07, 6.45) is 0. The average Bonchev–Trinajstić information content (AvgIpc) is 1.97. The third kappa shape index (κ3) is 6.62. The molecule has 78 valence electrons. The normalized spacial score (nSPS) is 12.9. The lowest BCUT2D eigenvalue weighted by Crippen LogP contribution is -2.43. The molecule has 0 aromatic rings. The third-order valence-electron chi connectivity index (χ3n) is 1.63. The second-order valence-electron chi connectivity index (χ2n) is 3.76. The Morgan fingerprint density at radius 1 is 1.00 bits per heavy atom. The van der Waals surface area contributed by atoms with Gasteiger partial charge >= 0.3 is 8.56 Å². The van der Waals surface area contributed by atoms with E-state index in [-0.39, 0.29) is 0 Å². The molecule has 0 unspecified atom stereocenters.